The first-order valence-electron chi connectivity index (χ1n) is 4.73. The lowest BCUT2D eigenvalue weighted by molar-refractivity contribution is -0.119. The van der Waals surface area contributed by atoms with E-state index in [1.165, 1.54) is 25.2 Å². The van der Waals surface area contributed by atoms with Crippen molar-refractivity contribution in [1.29, 1.82) is 0 Å². The van der Waals surface area contributed by atoms with Gasteiger partial charge in [-0.1, -0.05) is 6.07 Å². The number of carboxylic acids is 1. The minimum atomic E-state index is -1.22. The number of hydrogen-bond acceptors (Lipinski definition) is 4. The van der Waals surface area contributed by atoms with Crippen molar-refractivity contribution in [2.24, 2.45) is 0 Å². The van der Waals surface area contributed by atoms with E-state index in [-0.39, 0.29) is 23.8 Å². The largest absolute Gasteiger partial charge is 0.477 e. The van der Waals surface area contributed by atoms with Gasteiger partial charge in [0.1, 0.15) is 11.4 Å². The quantitative estimate of drug-likeness (QED) is 0.638. The Morgan fingerprint density at radius 1 is 1.29 bits per heavy atom. The van der Waals surface area contributed by atoms with Crippen LogP contribution in [0.5, 0.6) is 0 Å². The summed E-state index contributed by atoms with van der Waals surface area (Å²) < 4.78 is 0. The Labute approximate surface area is 96.9 Å². The molecule has 7 nitrogen and oxygen atoms in total. The van der Waals surface area contributed by atoms with Crippen LogP contribution in [0.25, 0.3) is 0 Å². The molecule has 0 aromatic carbocycles. The Bertz CT molecular complexity index is 459. The average molecular weight is 237 g/mol. The zero-order chi connectivity index (χ0) is 12.8. The molecule has 1 aromatic heterocycles. The van der Waals surface area contributed by atoms with Crippen LogP contribution in [0.15, 0.2) is 18.2 Å². The molecule has 1 rings (SSSR count). The number of hydrogen-bond donors (Lipinski definition) is 3. The van der Waals surface area contributed by atoms with Crippen LogP contribution in [0.3, 0.4) is 0 Å². The van der Waals surface area contributed by atoms with Crippen LogP contribution in [0.1, 0.15) is 21.0 Å². The number of nitrogens with zero attached hydrogens (tertiary/aromatic N) is 1. The monoisotopic (exact) mass is 237 g/mol. The van der Waals surface area contributed by atoms with Gasteiger partial charge in [-0.3, -0.25) is 9.59 Å². The number of carboxylic acid groups (broad SMARTS) is 1. The number of likely N-dealkylation sites (N-methyl/N-ethyl adjacent to an activating group) is 1. The molecule has 0 aliphatic carbocycles. The molecular weight excluding hydrogens is 226 g/mol. The van der Waals surface area contributed by atoms with Crippen molar-refractivity contribution in [2.75, 3.05) is 13.6 Å². The SMILES string of the molecule is CNC(=O)CNC(=O)c1cccc(C(=O)O)n1. The van der Waals surface area contributed by atoms with Crippen LogP contribution in [-0.4, -0.2) is 41.5 Å². The van der Waals surface area contributed by atoms with Gasteiger partial charge in [-0.05, 0) is 12.1 Å². The Balaban J connectivity index is 2.72. The Morgan fingerprint density at radius 2 is 1.94 bits per heavy atom. The molecule has 7 heteroatoms. The number of carbonyl (C=O) groups excluding carboxylic acids is 2. The van der Waals surface area contributed by atoms with Crippen molar-refractivity contribution in [3.05, 3.63) is 29.6 Å². The third kappa shape index (κ3) is 3.56. The summed E-state index contributed by atoms with van der Waals surface area (Å²) in [5.41, 5.74) is -0.272. The lowest BCUT2D eigenvalue weighted by atomic mass is 10.3. The number of rotatable bonds is 4. The fraction of sp³-hybridized carbons (Fsp3) is 0.200. The number of aromatic nitrogens is 1. The molecule has 0 spiro atoms. The van der Waals surface area contributed by atoms with E-state index >= 15 is 0 Å². The molecule has 0 unspecified atom stereocenters. The molecule has 0 radical (unpaired) electrons. The van der Waals surface area contributed by atoms with Gasteiger partial charge in [0.15, 0.2) is 0 Å². The minimum absolute atomic E-state index is 0.0474. The van der Waals surface area contributed by atoms with Gasteiger partial charge in [0, 0.05) is 7.05 Å². The van der Waals surface area contributed by atoms with Crippen LogP contribution in [0.4, 0.5) is 0 Å². The van der Waals surface area contributed by atoms with Gasteiger partial charge in [0.05, 0.1) is 6.54 Å². The van der Waals surface area contributed by atoms with Gasteiger partial charge in [-0.15, -0.1) is 0 Å². The highest BCUT2D eigenvalue weighted by atomic mass is 16.4. The summed E-state index contributed by atoms with van der Waals surface area (Å²) >= 11 is 0. The second-order valence-corrected chi connectivity index (χ2v) is 3.07. The third-order valence-corrected chi connectivity index (χ3v) is 1.89. The fourth-order valence-electron chi connectivity index (χ4n) is 1.02. The standard InChI is InChI=1S/C10H11N3O4/c1-11-8(14)5-12-9(15)6-3-2-4-7(13-6)10(16)17/h2-4H,5H2,1H3,(H,11,14)(H,12,15)(H,16,17). The molecule has 1 aromatic rings. The highest BCUT2D eigenvalue weighted by Crippen LogP contribution is 1.99. The topological polar surface area (TPSA) is 108 Å². The van der Waals surface area contributed by atoms with E-state index in [0.717, 1.165) is 0 Å². The predicted octanol–water partition coefficient (Wildman–Crippen LogP) is -0.744. The van der Waals surface area contributed by atoms with E-state index < -0.39 is 11.9 Å². The summed E-state index contributed by atoms with van der Waals surface area (Å²) in [4.78, 5) is 36.6. The summed E-state index contributed by atoms with van der Waals surface area (Å²) in [5.74, 6) is -2.17. The second kappa shape index (κ2) is 5.59. The van der Waals surface area contributed by atoms with Gasteiger partial charge >= 0.3 is 5.97 Å². The maximum atomic E-state index is 11.5. The zero-order valence-corrected chi connectivity index (χ0v) is 9.06. The molecule has 0 aliphatic heterocycles. The summed E-state index contributed by atoms with van der Waals surface area (Å²) in [6.07, 6.45) is 0. The Morgan fingerprint density at radius 3 is 2.53 bits per heavy atom. The summed E-state index contributed by atoms with van der Waals surface area (Å²) in [6, 6.07) is 4.05. The average Bonchev–Trinajstić information content (AvgIpc) is 2.35. The van der Waals surface area contributed by atoms with E-state index in [4.69, 9.17) is 5.11 Å². The number of nitrogens with one attached hydrogen (secondary N) is 2. The first-order valence-corrected chi connectivity index (χ1v) is 4.73. The molecule has 0 atom stereocenters. The van der Waals surface area contributed by atoms with Gasteiger partial charge < -0.3 is 15.7 Å². The van der Waals surface area contributed by atoms with Crippen LogP contribution in [-0.2, 0) is 4.79 Å². The number of aromatic carboxylic acids is 1. The highest BCUT2D eigenvalue weighted by molar-refractivity contribution is 5.96. The van der Waals surface area contributed by atoms with Gasteiger partial charge in [0.25, 0.3) is 5.91 Å². The molecule has 0 saturated heterocycles. The van der Waals surface area contributed by atoms with Crippen LogP contribution < -0.4 is 10.6 Å². The molecule has 90 valence electrons. The van der Waals surface area contributed by atoms with E-state index in [1.54, 1.807) is 0 Å². The number of amides is 2. The number of pyridine rings is 1. The zero-order valence-electron chi connectivity index (χ0n) is 9.06. The van der Waals surface area contributed by atoms with Crippen molar-refractivity contribution in [1.82, 2.24) is 15.6 Å². The molecule has 0 bridgehead atoms. The lowest BCUT2D eigenvalue weighted by Crippen LogP contribution is -2.35. The fourth-order valence-corrected chi connectivity index (χ4v) is 1.02. The van der Waals surface area contributed by atoms with Crippen LogP contribution in [0.2, 0.25) is 0 Å². The van der Waals surface area contributed by atoms with Gasteiger partial charge in [0.2, 0.25) is 5.91 Å². The van der Waals surface area contributed by atoms with Gasteiger partial charge in [-0.2, -0.15) is 0 Å². The highest BCUT2D eigenvalue weighted by Gasteiger charge is 2.11. The van der Waals surface area contributed by atoms with Crippen LogP contribution in [0, 0.1) is 0 Å². The first kappa shape index (κ1) is 12.6. The smallest absolute Gasteiger partial charge is 0.354 e. The van der Waals surface area contributed by atoms with E-state index in [1.807, 2.05) is 0 Å². The van der Waals surface area contributed by atoms with E-state index in [0.29, 0.717) is 0 Å². The first-order chi connectivity index (χ1) is 8.04. The second-order valence-electron chi connectivity index (χ2n) is 3.07. The number of carbonyl (C=O) groups is 3. The third-order valence-electron chi connectivity index (χ3n) is 1.89. The Hall–Kier alpha value is -2.44. The van der Waals surface area contributed by atoms with Gasteiger partial charge in [-0.25, -0.2) is 9.78 Å². The predicted molar refractivity (Wildman–Crippen MR) is 57.6 cm³/mol. The van der Waals surface area contributed by atoms with Crippen molar-refractivity contribution in [3.8, 4) is 0 Å². The molecule has 0 aliphatic rings. The van der Waals surface area contributed by atoms with E-state index in [9.17, 15) is 14.4 Å². The van der Waals surface area contributed by atoms with Crippen molar-refractivity contribution < 1.29 is 19.5 Å². The molecule has 2 amide bonds. The molecule has 0 saturated carbocycles. The molecular formula is C10H11N3O4. The van der Waals surface area contributed by atoms with E-state index in [2.05, 4.69) is 15.6 Å². The maximum Gasteiger partial charge on any atom is 0.354 e. The summed E-state index contributed by atoms with van der Waals surface area (Å²) in [7, 11) is 1.44. The summed E-state index contributed by atoms with van der Waals surface area (Å²) in [5, 5.41) is 13.3. The summed E-state index contributed by atoms with van der Waals surface area (Å²) in [6.45, 7) is -0.186. The van der Waals surface area contributed by atoms with Crippen LogP contribution >= 0.6 is 0 Å². The maximum absolute atomic E-state index is 11.5. The van der Waals surface area contributed by atoms with Crippen molar-refractivity contribution in [2.45, 2.75) is 0 Å². The molecule has 3 N–H and O–H groups in total. The molecule has 1 heterocycles. The Kier molecular flexibility index (Phi) is 4.15. The molecule has 17 heavy (non-hydrogen) atoms. The van der Waals surface area contributed by atoms with Crippen molar-refractivity contribution >= 4 is 17.8 Å². The lowest BCUT2D eigenvalue weighted by Gasteiger charge is -2.04. The minimum Gasteiger partial charge on any atom is -0.477 e. The molecule has 0 fully saturated rings. The normalized spacial score (nSPS) is 9.47. The van der Waals surface area contributed by atoms with Crippen molar-refractivity contribution in [3.63, 3.8) is 0 Å².